The number of fused-ring (bicyclic) bond motifs is 1. The van der Waals surface area contributed by atoms with Gasteiger partial charge in [-0.25, -0.2) is 0 Å². The second kappa shape index (κ2) is 6.39. The first-order chi connectivity index (χ1) is 11.1. The van der Waals surface area contributed by atoms with Crippen molar-refractivity contribution in [2.75, 3.05) is 5.32 Å². The van der Waals surface area contributed by atoms with E-state index in [4.69, 9.17) is 11.6 Å². The first-order valence-electron chi connectivity index (χ1n) is 7.55. The Kier molecular flexibility index (Phi) is 4.30. The number of halogens is 1. The summed E-state index contributed by atoms with van der Waals surface area (Å²) in [4.78, 5) is 17.4. The molecule has 0 saturated carbocycles. The lowest BCUT2D eigenvalue weighted by Gasteiger charge is -2.14. The Balaban J connectivity index is 2.05. The molecule has 3 aromatic rings. The van der Waals surface area contributed by atoms with Gasteiger partial charge in [-0.15, -0.1) is 0 Å². The maximum Gasteiger partial charge on any atom is 0.257 e. The van der Waals surface area contributed by atoms with E-state index in [0.29, 0.717) is 22.7 Å². The van der Waals surface area contributed by atoms with Gasteiger partial charge >= 0.3 is 0 Å². The number of para-hydroxylation sites is 1. The quantitative estimate of drug-likeness (QED) is 0.735. The minimum Gasteiger partial charge on any atom is -0.322 e. The van der Waals surface area contributed by atoms with E-state index in [1.807, 2.05) is 38.1 Å². The SMILES string of the molecule is CCc1nc2ccccc2c(C)c1C(=O)Nc1ccc(Cl)cc1. The molecule has 0 aliphatic rings. The van der Waals surface area contributed by atoms with Crippen molar-refractivity contribution in [1.82, 2.24) is 4.98 Å². The number of anilines is 1. The maximum atomic E-state index is 12.8. The maximum absolute atomic E-state index is 12.8. The zero-order valence-corrected chi connectivity index (χ0v) is 13.8. The molecule has 4 heteroatoms. The van der Waals surface area contributed by atoms with Crippen LogP contribution in [0.4, 0.5) is 5.69 Å². The highest BCUT2D eigenvalue weighted by Gasteiger charge is 2.17. The molecule has 0 unspecified atom stereocenters. The molecule has 0 bridgehead atoms. The molecule has 1 aromatic heterocycles. The summed E-state index contributed by atoms with van der Waals surface area (Å²) in [5, 5.41) is 4.57. The third-order valence-corrected chi connectivity index (χ3v) is 4.14. The van der Waals surface area contributed by atoms with E-state index in [-0.39, 0.29) is 5.91 Å². The van der Waals surface area contributed by atoms with Crippen LogP contribution >= 0.6 is 11.6 Å². The fourth-order valence-corrected chi connectivity index (χ4v) is 2.85. The van der Waals surface area contributed by atoms with E-state index < -0.39 is 0 Å². The summed E-state index contributed by atoms with van der Waals surface area (Å²) >= 11 is 5.88. The monoisotopic (exact) mass is 324 g/mol. The Labute approximate surface area is 140 Å². The van der Waals surface area contributed by atoms with Gasteiger partial charge in [-0.1, -0.05) is 36.7 Å². The van der Waals surface area contributed by atoms with Crippen molar-refractivity contribution in [2.45, 2.75) is 20.3 Å². The number of rotatable bonds is 3. The van der Waals surface area contributed by atoms with Crippen molar-refractivity contribution in [1.29, 1.82) is 0 Å². The van der Waals surface area contributed by atoms with Gasteiger partial charge in [-0.3, -0.25) is 9.78 Å². The van der Waals surface area contributed by atoms with E-state index >= 15 is 0 Å². The summed E-state index contributed by atoms with van der Waals surface area (Å²) in [5.41, 5.74) is 4.06. The lowest BCUT2D eigenvalue weighted by Crippen LogP contribution is -2.17. The van der Waals surface area contributed by atoms with Crippen LogP contribution in [0.15, 0.2) is 48.5 Å². The summed E-state index contributed by atoms with van der Waals surface area (Å²) in [6, 6.07) is 15.0. The number of benzene rings is 2. The van der Waals surface area contributed by atoms with Crippen molar-refractivity contribution in [3.63, 3.8) is 0 Å². The molecule has 0 radical (unpaired) electrons. The van der Waals surface area contributed by atoms with Gasteiger partial charge in [0.1, 0.15) is 0 Å². The lowest BCUT2D eigenvalue weighted by molar-refractivity contribution is 0.102. The van der Waals surface area contributed by atoms with Gasteiger partial charge < -0.3 is 5.32 Å². The number of carbonyl (C=O) groups excluding carboxylic acids is 1. The van der Waals surface area contributed by atoms with Crippen LogP contribution < -0.4 is 5.32 Å². The van der Waals surface area contributed by atoms with Crippen LogP contribution in [-0.2, 0) is 6.42 Å². The molecule has 1 amide bonds. The van der Waals surface area contributed by atoms with Gasteiger partial charge in [-0.05, 0) is 49.2 Å². The highest BCUT2D eigenvalue weighted by molar-refractivity contribution is 6.30. The van der Waals surface area contributed by atoms with E-state index in [0.717, 1.165) is 22.2 Å². The molecule has 0 spiro atoms. The Morgan fingerprint density at radius 1 is 1.13 bits per heavy atom. The number of aryl methyl sites for hydroxylation is 2. The smallest absolute Gasteiger partial charge is 0.257 e. The number of carbonyl (C=O) groups is 1. The molecule has 23 heavy (non-hydrogen) atoms. The minimum atomic E-state index is -0.139. The zero-order valence-electron chi connectivity index (χ0n) is 13.1. The molecule has 0 saturated heterocycles. The first-order valence-corrected chi connectivity index (χ1v) is 7.93. The Hall–Kier alpha value is -2.39. The second-order valence-electron chi connectivity index (χ2n) is 5.39. The van der Waals surface area contributed by atoms with E-state index in [2.05, 4.69) is 10.3 Å². The highest BCUT2D eigenvalue weighted by atomic mass is 35.5. The zero-order chi connectivity index (χ0) is 16.4. The summed E-state index contributed by atoms with van der Waals surface area (Å²) < 4.78 is 0. The molecule has 0 atom stereocenters. The van der Waals surface area contributed by atoms with Crippen LogP contribution in [0.2, 0.25) is 5.02 Å². The van der Waals surface area contributed by atoms with Crippen molar-refractivity contribution in [2.24, 2.45) is 0 Å². The number of pyridine rings is 1. The second-order valence-corrected chi connectivity index (χ2v) is 5.83. The Morgan fingerprint density at radius 3 is 2.52 bits per heavy atom. The van der Waals surface area contributed by atoms with Gasteiger partial charge in [0.05, 0.1) is 16.8 Å². The molecular weight excluding hydrogens is 308 g/mol. The number of nitrogens with zero attached hydrogens (tertiary/aromatic N) is 1. The number of nitrogens with one attached hydrogen (secondary N) is 1. The van der Waals surface area contributed by atoms with Crippen LogP contribution in [0, 0.1) is 6.92 Å². The van der Waals surface area contributed by atoms with Crippen molar-refractivity contribution < 1.29 is 4.79 Å². The number of hydrogen-bond donors (Lipinski definition) is 1. The van der Waals surface area contributed by atoms with Crippen molar-refractivity contribution in [3.05, 3.63) is 70.4 Å². The summed E-state index contributed by atoms with van der Waals surface area (Å²) in [5.74, 6) is -0.139. The molecule has 116 valence electrons. The van der Waals surface area contributed by atoms with Crippen LogP contribution in [0.1, 0.15) is 28.5 Å². The van der Waals surface area contributed by atoms with Gasteiger partial charge in [0, 0.05) is 16.1 Å². The molecule has 0 aliphatic heterocycles. The van der Waals surface area contributed by atoms with Gasteiger partial charge in [-0.2, -0.15) is 0 Å². The normalized spacial score (nSPS) is 10.7. The van der Waals surface area contributed by atoms with E-state index in [1.54, 1.807) is 24.3 Å². The van der Waals surface area contributed by atoms with E-state index in [9.17, 15) is 4.79 Å². The number of aromatic nitrogens is 1. The van der Waals surface area contributed by atoms with Gasteiger partial charge in [0.25, 0.3) is 5.91 Å². The molecule has 3 rings (SSSR count). The fourth-order valence-electron chi connectivity index (χ4n) is 2.72. The van der Waals surface area contributed by atoms with Gasteiger partial charge in [0.2, 0.25) is 0 Å². The van der Waals surface area contributed by atoms with Crippen LogP contribution in [0.25, 0.3) is 10.9 Å². The van der Waals surface area contributed by atoms with Crippen LogP contribution in [0.3, 0.4) is 0 Å². The molecular formula is C19H17ClN2O. The fraction of sp³-hybridized carbons (Fsp3) is 0.158. The molecule has 0 fully saturated rings. The average Bonchev–Trinajstić information content (AvgIpc) is 2.56. The summed E-state index contributed by atoms with van der Waals surface area (Å²) in [6.45, 7) is 3.98. The highest BCUT2D eigenvalue weighted by Crippen LogP contribution is 2.24. The van der Waals surface area contributed by atoms with Crippen molar-refractivity contribution in [3.8, 4) is 0 Å². The average molecular weight is 325 g/mol. The summed E-state index contributed by atoms with van der Waals surface area (Å²) in [7, 11) is 0. The number of hydrogen-bond acceptors (Lipinski definition) is 2. The summed E-state index contributed by atoms with van der Waals surface area (Å²) in [6.07, 6.45) is 0.703. The van der Waals surface area contributed by atoms with Crippen LogP contribution in [-0.4, -0.2) is 10.9 Å². The van der Waals surface area contributed by atoms with Crippen molar-refractivity contribution >= 4 is 34.1 Å². The molecule has 1 N–H and O–H groups in total. The Bertz CT molecular complexity index is 872. The first kappa shape index (κ1) is 15.5. The molecule has 2 aromatic carbocycles. The largest absolute Gasteiger partial charge is 0.322 e. The predicted molar refractivity (Wildman–Crippen MR) is 95.3 cm³/mol. The molecule has 0 aliphatic carbocycles. The minimum absolute atomic E-state index is 0.139. The molecule has 1 heterocycles. The standard InChI is InChI=1S/C19H17ClN2O/c1-3-16-18(12(2)15-6-4-5-7-17(15)22-16)19(23)21-14-10-8-13(20)9-11-14/h4-11H,3H2,1-2H3,(H,21,23). The van der Waals surface area contributed by atoms with Gasteiger partial charge in [0.15, 0.2) is 0 Å². The lowest BCUT2D eigenvalue weighted by atomic mass is 9.99. The van der Waals surface area contributed by atoms with Crippen LogP contribution in [0.5, 0.6) is 0 Å². The molecule has 3 nitrogen and oxygen atoms in total. The van der Waals surface area contributed by atoms with E-state index in [1.165, 1.54) is 0 Å². The predicted octanol–water partition coefficient (Wildman–Crippen LogP) is 5.01. The topological polar surface area (TPSA) is 42.0 Å². The Morgan fingerprint density at radius 2 is 1.83 bits per heavy atom. The third kappa shape index (κ3) is 3.06. The number of amides is 1. The third-order valence-electron chi connectivity index (χ3n) is 3.89.